The zero-order valence-corrected chi connectivity index (χ0v) is 23.5. The molecule has 0 unspecified atom stereocenters. The van der Waals surface area contributed by atoms with Gasteiger partial charge >= 0.3 is 12.1 Å². The van der Waals surface area contributed by atoms with Crippen LogP contribution in [-0.2, 0) is 17.4 Å². The molecule has 0 aromatic carbocycles. The van der Waals surface area contributed by atoms with E-state index in [1.807, 2.05) is 0 Å². The van der Waals surface area contributed by atoms with E-state index in [1.165, 1.54) is 17.3 Å². The third kappa shape index (κ3) is 6.70. The monoisotopic (exact) mass is 588 g/mol. The molecule has 2 aliphatic carbocycles. The Morgan fingerprint density at radius 2 is 1.64 bits per heavy atom. The number of carbonyl (C=O) groups is 2. The van der Waals surface area contributed by atoms with Gasteiger partial charge in [0.15, 0.2) is 5.69 Å². The minimum Gasteiger partial charge on any atom is -0.481 e. The van der Waals surface area contributed by atoms with E-state index in [0.717, 1.165) is 23.7 Å². The van der Waals surface area contributed by atoms with E-state index in [0.29, 0.717) is 28.5 Å². The summed E-state index contributed by atoms with van der Waals surface area (Å²) in [6.07, 6.45) is 3.40. The van der Waals surface area contributed by atoms with Crippen molar-refractivity contribution in [3.63, 3.8) is 0 Å². The van der Waals surface area contributed by atoms with Crippen LogP contribution >= 0.6 is 23.2 Å². The highest BCUT2D eigenvalue weighted by molar-refractivity contribution is 6.35. The first-order valence-electron chi connectivity index (χ1n) is 13.2. The average molecular weight is 589 g/mol. The van der Waals surface area contributed by atoms with Gasteiger partial charge in [-0.05, 0) is 68.8 Å². The van der Waals surface area contributed by atoms with Gasteiger partial charge in [0.05, 0.1) is 33.8 Å². The molecule has 4 rings (SSSR count). The molecule has 2 aromatic heterocycles. The molecule has 2 saturated carbocycles. The van der Waals surface area contributed by atoms with Crippen molar-refractivity contribution in [1.29, 1.82) is 0 Å². The highest BCUT2D eigenvalue weighted by atomic mass is 35.5. The molecular formula is C27H33Cl2F3N4O3. The predicted molar refractivity (Wildman–Crippen MR) is 141 cm³/mol. The van der Waals surface area contributed by atoms with E-state index in [1.54, 1.807) is 0 Å². The lowest BCUT2D eigenvalue weighted by atomic mass is 9.75. The molecule has 39 heavy (non-hydrogen) atoms. The Labute approximate surface area is 235 Å². The maximum atomic E-state index is 14.5. The van der Waals surface area contributed by atoms with Crippen molar-refractivity contribution in [2.24, 2.45) is 11.3 Å². The second kappa shape index (κ2) is 11.6. The molecule has 2 aliphatic rings. The summed E-state index contributed by atoms with van der Waals surface area (Å²) < 4.78 is 44.3. The molecule has 0 aliphatic heterocycles. The standard InChI is InChI=1S/C27H33Cl2F3N4O3/c1-26(2)10-7-17(8-11-26)35(12-9-19-21(28)14-33-15-22(19)29)24(37)20-13-34-36(23(20)27(30,31)32)18-5-3-16(4-6-18)25(38)39/h13-18H,3-12H2,1-2H3,(H,38,39). The first-order valence-corrected chi connectivity index (χ1v) is 14.0. The van der Waals surface area contributed by atoms with E-state index in [4.69, 9.17) is 23.2 Å². The number of aliphatic carboxylic acids is 1. The van der Waals surface area contributed by atoms with Crippen LogP contribution in [0.4, 0.5) is 13.2 Å². The molecule has 0 saturated heterocycles. The number of alkyl halides is 3. The second-order valence-electron chi connectivity index (χ2n) is 11.4. The summed E-state index contributed by atoms with van der Waals surface area (Å²) in [7, 11) is 0. The maximum absolute atomic E-state index is 14.5. The number of carbonyl (C=O) groups excluding carboxylic acids is 1. The fourth-order valence-electron chi connectivity index (χ4n) is 5.86. The molecule has 0 bridgehead atoms. The van der Waals surface area contributed by atoms with Crippen LogP contribution in [0, 0.1) is 11.3 Å². The molecule has 12 heteroatoms. The fraction of sp³-hybridized carbons (Fsp3) is 0.630. The predicted octanol–water partition coefficient (Wildman–Crippen LogP) is 7.07. The molecular weight excluding hydrogens is 556 g/mol. The van der Waals surface area contributed by atoms with Gasteiger partial charge in [-0.25, -0.2) is 0 Å². The number of aromatic nitrogens is 3. The molecule has 1 N–H and O–H groups in total. The van der Waals surface area contributed by atoms with Crippen LogP contribution < -0.4 is 0 Å². The van der Waals surface area contributed by atoms with Crippen LogP contribution in [0.5, 0.6) is 0 Å². The molecule has 2 heterocycles. The lowest BCUT2D eigenvalue weighted by Crippen LogP contribution is -2.45. The van der Waals surface area contributed by atoms with Crippen molar-refractivity contribution in [3.8, 4) is 0 Å². The molecule has 2 fully saturated rings. The van der Waals surface area contributed by atoms with Crippen molar-refractivity contribution in [3.05, 3.63) is 45.5 Å². The lowest BCUT2D eigenvalue weighted by Gasteiger charge is -2.40. The van der Waals surface area contributed by atoms with Crippen molar-refractivity contribution >= 4 is 35.1 Å². The Hall–Kier alpha value is -2.33. The molecule has 7 nitrogen and oxygen atoms in total. The fourth-order valence-corrected chi connectivity index (χ4v) is 6.41. The number of halogens is 5. The molecule has 0 atom stereocenters. The Kier molecular flexibility index (Phi) is 8.86. The number of pyridine rings is 1. The van der Waals surface area contributed by atoms with Gasteiger partial charge in [-0.2, -0.15) is 18.3 Å². The van der Waals surface area contributed by atoms with Gasteiger partial charge in [0.2, 0.25) is 0 Å². The SMILES string of the molecule is CC1(C)CCC(N(CCc2c(Cl)cncc2Cl)C(=O)c2cnn(C3CCC(C(=O)O)CC3)c2C(F)(F)F)CC1. The van der Waals surface area contributed by atoms with Crippen LogP contribution in [0.1, 0.15) is 92.9 Å². The Morgan fingerprint density at radius 3 is 2.18 bits per heavy atom. The highest BCUT2D eigenvalue weighted by Gasteiger charge is 2.44. The van der Waals surface area contributed by atoms with Gasteiger partial charge in [0.1, 0.15) is 0 Å². The van der Waals surface area contributed by atoms with Gasteiger partial charge in [-0.1, -0.05) is 37.0 Å². The molecule has 214 valence electrons. The van der Waals surface area contributed by atoms with Crippen molar-refractivity contribution in [2.45, 2.75) is 89.9 Å². The first-order chi connectivity index (χ1) is 18.3. The van der Waals surface area contributed by atoms with Crippen LogP contribution in [0.3, 0.4) is 0 Å². The third-order valence-corrected chi connectivity index (χ3v) is 8.90. The number of hydrogen-bond acceptors (Lipinski definition) is 4. The number of nitrogens with zero attached hydrogens (tertiary/aromatic N) is 4. The van der Waals surface area contributed by atoms with Gasteiger partial charge in [0, 0.05) is 25.0 Å². The van der Waals surface area contributed by atoms with Crippen molar-refractivity contribution in [1.82, 2.24) is 19.7 Å². The Bertz CT molecular complexity index is 1180. The minimum atomic E-state index is -4.82. The number of carboxylic acid groups (broad SMARTS) is 1. The number of hydrogen-bond donors (Lipinski definition) is 1. The van der Waals surface area contributed by atoms with Crippen molar-refractivity contribution in [2.75, 3.05) is 6.54 Å². The van der Waals surface area contributed by atoms with E-state index >= 15 is 0 Å². The smallest absolute Gasteiger partial charge is 0.433 e. The van der Waals surface area contributed by atoms with Gasteiger partial charge in [-0.15, -0.1) is 0 Å². The summed E-state index contributed by atoms with van der Waals surface area (Å²) in [4.78, 5) is 30.7. The second-order valence-corrected chi connectivity index (χ2v) is 12.2. The number of carboxylic acids is 1. The number of rotatable bonds is 7. The first kappa shape index (κ1) is 29.6. The zero-order valence-electron chi connectivity index (χ0n) is 22.0. The van der Waals surface area contributed by atoms with Gasteiger partial charge in [0.25, 0.3) is 5.91 Å². The largest absolute Gasteiger partial charge is 0.481 e. The van der Waals surface area contributed by atoms with E-state index in [9.17, 15) is 27.9 Å². The minimum absolute atomic E-state index is 0.0970. The Balaban J connectivity index is 1.65. The molecule has 1 amide bonds. The van der Waals surface area contributed by atoms with Crippen LogP contribution in [-0.4, -0.2) is 49.2 Å². The van der Waals surface area contributed by atoms with Crippen LogP contribution in [0.2, 0.25) is 10.0 Å². The summed E-state index contributed by atoms with van der Waals surface area (Å²) in [6.45, 7) is 4.44. The molecule has 0 radical (unpaired) electrons. The normalized spacial score (nSPS) is 22.0. The van der Waals surface area contributed by atoms with E-state index < -0.39 is 41.3 Å². The van der Waals surface area contributed by atoms with Crippen molar-refractivity contribution < 1.29 is 27.9 Å². The zero-order chi connectivity index (χ0) is 28.5. The highest BCUT2D eigenvalue weighted by Crippen LogP contribution is 2.41. The Morgan fingerprint density at radius 1 is 1.05 bits per heavy atom. The van der Waals surface area contributed by atoms with Crippen LogP contribution in [0.15, 0.2) is 18.6 Å². The maximum Gasteiger partial charge on any atom is 0.433 e. The lowest BCUT2D eigenvalue weighted by molar-refractivity contribution is -0.147. The topological polar surface area (TPSA) is 88.3 Å². The summed E-state index contributed by atoms with van der Waals surface area (Å²) in [5, 5.41) is 14.0. The molecule has 2 aromatic rings. The van der Waals surface area contributed by atoms with Gasteiger partial charge < -0.3 is 10.0 Å². The summed E-state index contributed by atoms with van der Waals surface area (Å²) >= 11 is 12.6. The molecule has 0 spiro atoms. The third-order valence-electron chi connectivity index (χ3n) is 8.25. The van der Waals surface area contributed by atoms with Crippen LogP contribution in [0.25, 0.3) is 0 Å². The summed E-state index contributed by atoms with van der Waals surface area (Å²) in [5.74, 6) is -2.24. The quantitative estimate of drug-likeness (QED) is 0.373. The summed E-state index contributed by atoms with van der Waals surface area (Å²) in [5.41, 5.74) is -0.879. The van der Waals surface area contributed by atoms with E-state index in [2.05, 4.69) is 23.9 Å². The van der Waals surface area contributed by atoms with Gasteiger partial charge in [-0.3, -0.25) is 19.3 Å². The summed E-state index contributed by atoms with van der Waals surface area (Å²) in [6, 6.07) is -0.863. The average Bonchev–Trinajstić information content (AvgIpc) is 3.32. The number of amides is 1. The van der Waals surface area contributed by atoms with E-state index in [-0.39, 0.29) is 50.1 Å².